The summed E-state index contributed by atoms with van der Waals surface area (Å²) >= 11 is 0. The van der Waals surface area contributed by atoms with E-state index in [2.05, 4.69) is 25.8 Å². The maximum Gasteiger partial charge on any atom is 0.253 e. The van der Waals surface area contributed by atoms with Gasteiger partial charge in [-0.3, -0.25) is 19.9 Å². The Morgan fingerprint density at radius 1 is 1.18 bits per heavy atom. The van der Waals surface area contributed by atoms with Crippen molar-refractivity contribution >= 4 is 17.5 Å². The van der Waals surface area contributed by atoms with Crippen molar-refractivity contribution in [1.82, 2.24) is 25.1 Å². The first-order valence-electron chi connectivity index (χ1n) is 12.4. The van der Waals surface area contributed by atoms with Crippen molar-refractivity contribution in [3.63, 3.8) is 0 Å². The Bertz CT molecular complexity index is 1160. The van der Waals surface area contributed by atoms with Crippen molar-refractivity contribution in [3.8, 4) is 11.1 Å². The largest absolute Gasteiger partial charge is 0.336 e. The second-order valence-electron chi connectivity index (χ2n) is 9.74. The van der Waals surface area contributed by atoms with Crippen LogP contribution in [0.2, 0.25) is 0 Å². The number of hydrogen-bond acceptors (Lipinski definition) is 8. The van der Waals surface area contributed by atoms with Gasteiger partial charge in [0, 0.05) is 49.9 Å². The highest BCUT2D eigenvalue weighted by Crippen LogP contribution is 2.31. The van der Waals surface area contributed by atoms with Crippen LogP contribution in [0.3, 0.4) is 0 Å². The normalized spacial score (nSPS) is 22.0. The third kappa shape index (κ3) is 5.95. The van der Waals surface area contributed by atoms with Crippen LogP contribution in [0.25, 0.3) is 11.1 Å². The van der Waals surface area contributed by atoms with Gasteiger partial charge in [-0.25, -0.2) is 13.8 Å². The molecule has 2 aliphatic rings. The zero-order chi connectivity index (χ0) is 27.4. The molecule has 1 aromatic carbocycles. The third-order valence-corrected chi connectivity index (χ3v) is 6.94. The third-order valence-electron chi connectivity index (χ3n) is 6.94. The molecule has 2 aliphatic heterocycles. The van der Waals surface area contributed by atoms with Crippen LogP contribution in [-0.2, 0) is 4.79 Å². The van der Waals surface area contributed by atoms with Crippen molar-refractivity contribution in [2.45, 2.75) is 25.3 Å². The predicted octanol–water partition coefficient (Wildman–Crippen LogP) is 1.43. The Balaban J connectivity index is 1.56. The number of nitrogens with two attached hydrogens (primary N) is 1. The lowest BCUT2D eigenvalue weighted by Crippen LogP contribution is -2.62. The zero-order valence-corrected chi connectivity index (χ0v) is 21.3. The van der Waals surface area contributed by atoms with Gasteiger partial charge in [0.25, 0.3) is 5.91 Å². The minimum absolute atomic E-state index is 0.0703. The van der Waals surface area contributed by atoms with Gasteiger partial charge in [-0.2, -0.15) is 0 Å². The molecule has 204 valence electrons. The van der Waals surface area contributed by atoms with Gasteiger partial charge in [-0.1, -0.05) is 12.1 Å². The van der Waals surface area contributed by atoms with E-state index in [4.69, 9.17) is 5.73 Å². The van der Waals surface area contributed by atoms with Crippen LogP contribution < -0.4 is 16.4 Å². The van der Waals surface area contributed by atoms with Crippen molar-refractivity contribution in [2.75, 3.05) is 51.6 Å². The van der Waals surface area contributed by atoms with Gasteiger partial charge in [0.15, 0.2) is 5.82 Å². The van der Waals surface area contributed by atoms with Crippen LogP contribution >= 0.6 is 0 Å². The Morgan fingerprint density at radius 2 is 1.87 bits per heavy atom. The zero-order valence-electron chi connectivity index (χ0n) is 21.3. The minimum atomic E-state index is -1.33. The fraction of sp³-hybridized carbons (Fsp3) is 0.480. The number of alkyl halides is 1. The summed E-state index contributed by atoms with van der Waals surface area (Å²) < 4.78 is 28.8. The number of carbonyl (C=O) groups is 2. The molecule has 0 bridgehead atoms. The number of pyridine rings is 1. The van der Waals surface area contributed by atoms with Gasteiger partial charge in [0.05, 0.1) is 35.8 Å². The molecule has 0 aliphatic carbocycles. The number of anilines is 1. The molecule has 13 heteroatoms. The Labute approximate surface area is 219 Å². The second-order valence-corrected chi connectivity index (χ2v) is 9.74. The highest BCUT2D eigenvalue weighted by molar-refractivity contribution is 5.98. The van der Waals surface area contributed by atoms with E-state index in [1.54, 1.807) is 36.1 Å². The van der Waals surface area contributed by atoms with E-state index in [1.807, 2.05) is 7.05 Å². The van der Waals surface area contributed by atoms with Gasteiger partial charge in [-0.15, -0.1) is 4.91 Å². The SMILES string of the molecule is CC(N)C(C(=O)Nc1cncc(F)c1-c1ccc(C(=O)N2CCN(C)CC2)cc1)C1NCC(F)CN1N=O. The summed E-state index contributed by atoms with van der Waals surface area (Å²) in [5.41, 5.74) is 7.15. The first-order chi connectivity index (χ1) is 18.2. The molecule has 4 atom stereocenters. The number of piperazine rings is 1. The molecule has 2 amide bonds. The monoisotopic (exact) mass is 530 g/mol. The molecule has 3 heterocycles. The maximum atomic E-state index is 15.0. The van der Waals surface area contributed by atoms with E-state index in [0.717, 1.165) is 24.3 Å². The lowest BCUT2D eigenvalue weighted by atomic mass is 9.94. The molecule has 38 heavy (non-hydrogen) atoms. The lowest BCUT2D eigenvalue weighted by molar-refractivity contribution is -0.124. The van der Waals surface area contributed by atoms with Crippen LogP contribution in [0.1, 0.15) is 17.3 Å². The highest BCUT2D eigenvalue weighted by Gasteiger charge is 2.40. The Hall–Kier alpha value is -3.55. The van der Waals surface area contributed by atoms with Gasteiger partial charge >= 0.3 is 0 Å². The molecule has 1 aromatic heterocycles. The number of rotatable bonds is 7. The molecule has 2 fully saturated rings. The Morgan fingerprint density at radius 3 is 2.50 bits per heavy atom. The molecule has 0 spiro atoms. The van der Waals surface area contributed by atoms with E-state index in [9.17, 15) is 18.9 Å². The molecular formula is C25H32F2N8O3. The summed E-state index contributed by atoms with van der Waals surface area (Å²) in [4.78, 5) is 45.3. The van der Waals surface area contributed by atoms with Crippen molar-refractivity contribution < 1.29 is 18.4 Å². The number of likely N-dealkylation sites (N-methyl/N-ethyl adjacent to an activating group) is 1. The van der Waals surface area contributed by atoms with E-state index in [1.165, 1.54) is 6.20 Å². The van der Waals surface area contributed by atoms with Crippen molar-refractivity contribution in [1.29, 1.82) is 0 Å². The van der Waals surface area contributed by atoms with E-state index >= 15 is 4.39 Å². The summed E-state index contributed by atoms with van der Waals surface area (Å²) in [5.74, 6) is -2.40. The number of hydrogen-bond donors (Lipinski definition) is 3. The van der Waals surface area contributed by atoms with Gasteiger partial charge < -0.3 is 20.9 Å². The molecule has 4 rings (SSSR count). The number of aromatic nitrogens is 1. The molecule has 0 saturated carbocycles. The molecule has 0 radical (unpaired) electrons. The van der Waals surface area contributed by atoms with E-state index in [-0.39, 0.29) is 30.2 Å². The van der Waals surface area contributed by atoms with E-state index < -0.39 is 36.0 Å². The molecule has 2 saturated heterocycles. The highest BCUT2D eigenvalue weighted by atomic mass is 19.1. The van der Waals surface area contributed by atoms with Gasteiger partial charge in [0.2, 0.25) is 5.91 Å². The lowest BCUT2D eigenvalue weighted by Gasteiger charge is -2.39. The van der Waals surface area contributed by atoms with Crippen molar-refractivity contribution in [3.05, 3.63) is 52.9 Å². The molecular weight excluding hydrogens is 498 g/mol. The summed E-state index contributed by atoms with van der Waals surface area (Å²) in [6.45, 7) is 4.09. The van der Waals surface area contributed by atoms with Gasteiger partial charge in [0.1, 0.15) is 12.3 Å². The van der Waals surface area contributed by atoms with Crippen LogP contribution in [-0.4, -0.2) is 96.3 Å². The quantitative estimate of drug-likeness (QED) is 0.458. The van der Waals surface area contributed by atoms with Crippen LogP contribution in [0.15, 0.2) is 41.9 Å². The predicted molar refractivity (Wildman–Crippen MR) is 138 cm³/mol. The molecule has 11 nitrogen and oxygen atoms in total. The van der Waals surface area contributed by atoms with Crippen molar-refractivity contribution in [2.24, 2.45) is 16.9 Å². The molecule has 4 unspecified atom stereocenters. The fourth-order valence-corrected chi connectivity index (χ4v) is 4.81. The first-order valence-corrected chi connectivity index (χ1v) is 12.4. The number of halogens is 2. The smallest absolute Gasteiger partial charge is 0.253 e. The number of carbonyl (C=O) groups excluding carboxylic acids is 2. The number of nitrogens with zero attached hydrogens (tertiary/aromatic N) is 5. The molecule has 2 aromatic rings. The number of nitroso groups, excluding NO2 is 1. The number of benzene rings is 1. The number of amides is 2. The first kappa shape index (κ1) is 27.5. The standard InChI is InChI=1S/C25H32F2N8O3/c1-15(28)21(23-30-11-18(26)14-35(23)32-38)24(36)31-20-13-29-12-19(27)22(20)16-3-5-17(6-4-16)25(37)34-9-7-33(2)8-10-34/h3-6,12-13,15,18,21,23,30H,7-11,14,28H2,1-2H3,(H,31,36). The second kappa shape index (κ2) is 11.9. The maximum absolute atomic E-state index is 15.0. The average molecular weight is 531 g/mol. The summed E-state index contributed by atoms with van der Waals surface area (Å²) in [5, 5.41) is 9.25. The summed E-state index contributed by atoms with van der Waals surface area (Å²) in [6.07, 6.45) is 0.0640. The average Bonchev–Trinajstić information content (AvgIpc) is 2.90. The van der Waals surface area contributed by atoms with Crippen LogP contribution in [0.4, 0.5) is 14.5 Å². The summed E-state index contributed by atoms with van der Waals surface area (Å²) in [6, 6.07) is 5.72. The summed E-state index contributed by atoms with van der Waals surface area (Å²) in [7, 11) is 2.01. The van der Waals surface area contributed by atoms with E-state index in [0.29, 0.717) is 24.2 Å². The molecule has 4 N–H and O–H groups in total. The van der Waals surface area contributed by atoms with Crippen LogP contribution in [0, 0.1) is 16.6 Å². The van der Waals surface area contributed by atoms with Crippen LogP contribution in [0.5, 0.6) is 0 Å². The Kier molecular flexibility index (Phi) is 8.59. The fourth-order valence-electron chi connectivity index (χ4n) is 4.81. The van der Waals surface area contributed by atoms with Gasteiger partial charge in [-0.05, 0) is 31.7 Å². The minimum Gasteiger partial charge on any atom is -0.336 e. The topological polar surface area (TPSA) is 136 Å². The number of nitrogens with one attached hydrogen (secondary N) is 2.